The molecule has 0 aliphatic heterocycles. The van der Waals surface area contributed by atoms with Gasteiger partial charge in [-0.05, 0) is 40.2 Å². The number of hydrogen-bond donors (Lipinski definition) is 2. The van der Waals surface area contributed by atoms with E-state index in [1.54, 1.807) is 0 Å². The molecule has 0 unspecified atom stereocenters. The SMILES string of the molecule is COC(=O)NCCCCNC(C)(C)C. The molecule has 84 valence electrons. The smallest absolute Gasteiger partial charge is 0.406 e. The van der Waals surface area contributed by atoms with Crippen LogP contribution in [0.15, 0.2) is 0 Å². The zero-order chi connectivity index (χ0) is 11.0. The average molecular weight is 202 g/mol. The van der Waals surface area contributed by atoms with E-state index in [9.17, 15) is 4.79 Å². The normalized spacial score (nSPS) is 11.1. The lowest BCUT2D eigenvalue weighted by Crippen LogP contribution is -2.36. The molecule has 0 aliphatic rings. The Morgan fingerprint density at radius 3 is 2.29 bits per heavy atom. The third-order valence-electron chi connectivity index (χ3n) is 1.71. The second-order valence-corrected chi connectivity index (χ2v) is 4.30. The van der Waals surface area contributed by atoms with Crippen molar-refractivity contribution in [3.63, 3.8) is 0 Å². The van der Waals surface area contributed by atoms with Gasteiger partial charge in [-0.3, -0.25) is 0 Å². The van der Waals surface area contributed by atoms with Crippen LogP contribution >= 0.6 is 0 Å². The van der Waals surface area contributed by atoms with Gasteiger partial charge in [0.25, 0.3) is 0 Å². The van der Waals surface area contributed by atoms with E-state index < -0.39 is 0 Å². The van der Waals surface area contributed by atoms with Gasteiger partial charge in [-0.25, -0.2) is 4.79 Å². The van der Waals surface area contributed by atoms with E-state index in [0.29, 0.717) is 6.54 Å². The first-order valence-corrected chi connectivity index (χ1v) is 5.02. The third kappa shape index (κ3) is 9.32. The van der Waals surface area contributed by atoms with Crippen LogP contribution in [0.1, 0.15) is 33.6 Å². The summed E-state index contributed by atoms with van der Waals surface area (Å²) >= 11 is 0. The molecule has 0 spiro atoms. The monoisotopic (exact) mass is 202 g/mol. The fourth-order valence-corrected chi connectivity index (χ4v) is 0.976. The molecule has 1 amide bonds. The van der Waals surface area contributed by atoms with Crippen molar-refractivity contribution in [1.29, 1.82) is 0 Å². The number of methoxy groups -OCH3 is 1. The fourth-order valence-electron chi connectivity index (χ4n) is 0.976. The molecule has 0 radical (unpaired) electrons. The highest BCUT2D eigenvalue weighted by atomic mass is 16.5. The Morgan fingerprint density at radius 2 is 1.79 bits per heavy atom. The molecular formula is C10H22N2O2. The van der Waals surface area contributed by atoms with Gasteiger partial charge < -0.3 is 15.4 Å². The molecule has 0 saturated heterocycles. The molecule has 0 aromatic rings. The van der Waals surface area contributed by atoms with Crippen molar-refractivity contribution in [3.8, 4) is 0 Å². The first-order chi connectivity index (χ1) is 6.45. The highest BCUT2D eigenvalue weighted by molar-refractivity contribution is 5.66. The fraction of sp³-hybridized carbons (Fsp3) is 0.900. The van der Waals surface area contributed by atoms with Crippen LogP contribution in [0.25, 0.3) is 0 Å². The summed E-state index contributed by atoms with van der Waals surface area (Å²) in [4.78, 5) is 10.7. The third-order valence-corrected chi connectivity index (χ3v) is 1.71. The number of amides is 1. The lowest BCUT2D eigenvalue weighted by atomic mass is 10.1. The maximum Gasteiger partial charge on any atom is 0.406 e. The lowest BCUT2D eigenvalue weighted by Gasteiger charge is -2.20. The van der Waals surface area contributed by atoms with Gasteiger partial charge in [0.05, 0.1) is 7.11 Å². The second-order valence-electron chi connectivity index (χ2n) is 4.30. The van der Waals surface area contributed by atoms with Gasteiger partial charge in [-0.1, -0.05) is 0 Å². The zero-order valence-electron chi connectivity index (χ0n) is 9.64. The molecular weight excluding hydrogens is 180 g/mol. The minimum Gasteiger partial charge on any atom is -0.453 e. The van der Waals surface area contributed by atoms with E-state index in [2.05, 4.69) is 36.1 Å². The van der Waals surface area contributed by atoms with Crippen molar-refractivity contribution in [2.45, 2.75) is 39.2 Å². The Morgan fingerprint density at radius 1 is 1.21 bits per heavy atom. The van der Waals surface area contributed by atoms with Crippen molar-refractivity contribution in [2.75, 3.05) is 20.2 Å². The quantitative estimate of drug-likeness (QED) is 0.664. The lowest BCUT2D eigenvalue weighted by molar-refractivity contribution is 0.171. The molecule has 0 bridgehead atoms. The summed E-state index contributed by atoms with van der Waals surface area (Å²) in [6.07, 6.45) is 1.67. The minimum atomic E-state index is -0.353. The Labute approximate surface area is 86.4 Å². The van der Waals surface area contributed by atoms with Gasteiger partial charge in [0.15, 0.2) is 0 Å². The number of carbonyl (C=O) groups excluding carboxylic acids is 1. The molecule has 0 fully saturated rings. The van der Waals surface area contributed by atoms with Crippen LogP contribution in [0.2, 0.25) is 0 Å². The minimum absolute atomic E-state index is 0.176. The van der Waals surface area contributed by atoms with Crippen LogP contribution in [-0.4, -0.2) is 31.8 Å². The van der Waals surface area contributed by atoms with Crippen LogP contribution in [0, 0.1) is 0 Å². The highest BCUT2D eigenvalue weighted by Crippen LogP contribution is 1.98. The first kappa shape index (κ1) is 13.2. The van der Waals surface area contributed by atoms with Crippen molar-refractivity contribution < 1.29 is 9.53 Å². The van der Waals surface area contributed by atoms with Gasteiger partial charge >= 0.3 is 6.09 Å². The number of nitrogens with one attached hydrogen (secondary N) is 2. The molecule has 0 aliphatic carbocycles. The number of carbonyl (C=O) groups is 1. The molecule has 0 heterocycles. The molecule has 14 heavy (non-hydrogen) atoms. The van der Waals surface area contributed by atoms with Crippen molar-refractivity contribution in [1.82, 2.24) is 10.6 Å². The van der Waals surface area contributed by atoms with Crippen LogP contribution in [0.3, 0.4) is 0 Å². The number of rotatable bonds is 5. The summed E-state index contributed by atoms with van der Waals surface area (Å²) in [5, 5.41) is 6.02. The van der Waals surface area contributed by atoms with Crippen molar-refractivity contribution in [3.05, 3.63) is 0 Å². The van der Waals surface area contributed by atoms with Crippen LogP contribution < -0.4 is 10.6 Å². The Bertz CT molecular complexity index is 164. The molecule has 0 atom stereocenters. The first-order valence-electron chi connectivity index (χ1n) is 5.02. The maximum atomic E-state index is 10.7. The number of unbranched alkanes of at least 4 members (excludes halogenated alkanes) is 1. The molecule has 0 saturated carbocycles. The number of ether oxygens (including phenoxy) is 1. The molecule has 4 heteroatoms. The van der Waals surface area contributed by atoms with E-state index in [1.165, 1.54) is 7.11 Å². The summed E-state index contributed by atoms with van der Waals surface area (Å²) < 4.78 is 4.45. The predicted octanol–water partition coefficient (Wildman–Crippen LogP) is 1.51. The summed E-state index contributed by atoms with van der Waals surface area (Å²) in [5.41, 5.74) is 0.176. The number of alkyl carbamates (subject to hydrolysis) is 1. The van der Waals surface area contributed by atoms with Gasteiger partial charge in [0.2, 0.25) is 0 Å². The zero-order valence-corrected chi connectivity index (χ0v) is 9.64. The predicted molar refractivity (Wildman–Crippen MR) is 57.4 cm³/mol. The van der Waals surface area contributed by atoms with E-state index in [0.717, 1.165) is 19.4 Å². The van der Waals surface area contributed by atoms with Crippen molar-refractivity contribution >= 4 is 6.09 Å². The van der Waals surface area contributed by atoms with Crippen LogP contribution in [-0.2, 0) is 4.74 Å². The Kier molecular flexibility index (Phi) is 6.28. The summed E-state index contributed by atoms with van der Waals surface area (Å²) in [6, 6.07) is 0. The molecule has 0 aromatic carbocycles. The Hall–Kier alpha value is -0.770. The molecule has 0 rings (SSSR count). The summed E-state index contributed by atoms with van der Waals surface area (Å²) in [7, 11) is 1.37. The van der Waals surface area contributed by atoms with Crippen LogP contribution in [0.4, 0.5) is 4.79 Å². The molecule has 0 aromatic heterocycles. The average Bonchev–Trinajstić information content (AvgIpc) is 2.08. The van der Waals surface area contributed by atoms with Gasteiger partial charge in [0.1, 0.15) is 0 Å². The largest absolute Gasteiger partial charge is 0.453 e. The highest BCUT2D eigenvalue weighted by Gasteiger charge is 2.06. The van der Waals surface area contributed by atoms with Crippen molar-refractivity contribution in [2.24, 2.45) is 0 Å². The van der Waals surface area contributed by atoms with E-state index in [-0.39, 0.29) is 11.6 Å². The van der Waals surface area contributed by atoms with Gasteiger partial charge in [-0.15, -0.1) is 0 Å². The van der Waals surface area contributed by atoms with Gasteiger partial charge in [0, 0.05) is 12.1 Å². The second kappa shape index (κ2) is 6.65. The standard InChI is InChI=1S/C10H22N2O2/c1-10(2,3)12-8-6-5-7-11-9(13)14-4/h12H,5-8H2,1-4H3,(H,11,13). The van der Waals surface area contributed by atoms with E-state index in [1.807, 2.05) is 0 Å². The van der Waals surface area contributed by atoms with E-state index in [4.69, 9.17) is 0 Å². The van der Waals surface area contributed by atoms with E-state index >= 15 is 0 Å². The van der Waals surface area contributed by atoms with Crippen LogP contribution in [0.5, 0.6) is 0 Å². The number of hydrogen-bond acceptors (Lipinski definition) is 3. The van der Waals surface area contributed by atoms with Gasteiger partial charge in [-0.2, -0.15) is 0 Å². The molecule has 4 nitrogen and oxygen atoms in total. The maximum absolute atomic E-state index is 10.7. The summed E-state index contributed by atoms with van der Waals surface area (Å²) in [6.45, 7) is 8.07. The molecule has 2 N–H and O–H groups in total. The summed E-state index contributed by atoms with van der Waals surface area (Å²) in [5.74, 6) is 0. The Balaban J connectivity index is 3.18. The topological polar surface area (TPSA) is 50.4 Å².